The van der Waals surface area contributed by atoms with Crippen LogP contribution in [0.1, 0.15) is 48.2 Å². The van der Waals surface area contributed by atoms with Crippen LogP contribution in [0, 0.1) is 23.2 Å². The number of likely N-dealkylation sites (tertiary alicyclic amines) is 1. The monoisotopic (exact) mass is 505 g/mol. The third kappa shape index (κ3) is 4.06. The van der Waals surface area contributed by atoms with E-state index in [1.165, 1.54) is 24.3 Å². The van der Waals surface area contributed by atoms with Gasteiger partial charge in [0.15, 0.2) is 0 Å². The third-order valence-electron chi connectivity index (χ3n) is 7.45. The Morgan fingerprint density at radius 1 is 1.25 bits per heavy atom. The number of nitrogens with one attached hydrogen (secondary N) is 3. The fourth-order valence-corrected chi connectivity index (χ4v) is 5.43. The minimum Gasteiger partial charge on any atom is -0.356 e. The molecule has 3 fully saturated rings. The Labute approximate surface area is 203 Å². The molecule has 3 heterocycles. The van der Waals surface area contributed by atoms with Gasteiger partial charge in [-0.25, -0.2) is 17.6 Å². The summed E-state index contributed by atoms with van der Waals surface area (Å²) in [4.78, 5) is 42.3. The van der Waals surface area contributed by atoms with E-state index >= 15 is 0 Å². The van der Waals surface area contributed by atoms with Crippen LogP contribution < -0.4 is 10.6 Å². The highest BCUT2D eigenvalue weighted by atomic mass is 19.3. The molecule has 1 saturated carbocycles. The molecule has 1 aromatic carbocycles. The predicted octanol–water partition coefficient (Wildman–Crippen LogP) is 2.88. The molecule has 190 valence electrons. The lowest BCUT2D eigenvalue weighted by Gasteiger charge is -2.38. The van der Waals surface area contributed by atoms with Gasteiger partial charge in [-0.3, -0.25) is 14.4 Å². The summed E-state index contributed by atoms with van der Waals surface area (Å²) in [6.45, 7) is 0.0271. The van der Waals surface area contributed by atoms with Crippen molar-refractivity contribution in [2.45, 2.75) is 49.6 Å². The van der Waals surface area contributed by atoms with Crippen molar-refractivity contribution in [3.05, 3.63) is 35.5 Å². The molecular weight excluding hydrogens is 482 g/mol. The minimum absolute atomic E-state index is 0.108. The van der Waals surface area contributed by atoms with E-state index in [-0.39, 0.29) is 34.5 Å². The fourth-order valence-electron chi connectivity index (χ4n) is 5.43. The number of hydrogen-bond donors (Lipinski definition) is 3. The molecule has 1 aliphatic carbocycles. The van der Waals surface area contributed by atoms with Crippen LogP contribution in [0.15, 0.2) is 24.3 Å². The van der Waals surface area contributed by atoms with Gasteiger partial charge >= 0.3 is 0 Å². The van der Waals surface area contributed by atoms with Gasteiger partial charge in [0.05, 0.1) is 6.07 Å². The van der Waals surface area contributed by atoms with Crippen LogP contribution in [0.3, 0.4) is 0 Å². The van der Waals surface area contributed by atoms with Gasteiger partial charge < -0.3 is 20.5 Å². The second kappa shape index (κ2) is 8.50. The predicted molar refractivity (Wildman–Crippen MR) is 118 cm³/mol. The number of nitrogens with zero attached hydrogens (tertiary/aromatic N) is 2. The van der Waals surface area contributed by atoms with Crippen LogP contribution >= 0.6 is 0 Å². The maximum atomic E-state index is 14.3. The first-order valence-corrected chi connectivity index (χ1v) is 11.6. The molecule has 4 atom stereocenters. The number of H-pyrrole nitrogens is 1. The number of carbonyl (C=O) groups is 3. The molecular formula is C24H23F4N5O3. The van der Waals surface area contributed by atoms with Crippen molar-refractivity contribution >= 4 is 28.6 Å². The number of rotatable bonds is 5. The quantitative estimate of drug-likeness (QED) is 0.542. The topological polar surface area (TPSA) is 118 Å². The Bertz CT molecular complexity index is 1290. The Morgan fingerprint density at radius 3 is 2.69 bits per heavy atom. The molecule has 3 amide bonds. The summed E-state index contributed by atoms with van der Waals surface area (Å²) in [5.74, 6) is -6.01. The van der Waals surface area contributed by atoms with E-state index in [0.717, 1.165) is 4.90 Å². The Morgan fingerprint density at radius 2 is 2.03 bits per heavy atom. The number of benzene rings is 1. The zero-order valence-corrected chi connectivity index (χ0v) is 19.0. The fraction of sp³-hybridized carbons (Fsp3) is 0.500. The van der Waals surface area contributed by atoms with E-state index in [4.69, 9.17) is 0 Å². The largest absolute Gasteiger partial charge is 0.356 e. The lowest BCUT2D eigenvalue weighted by Crippen LogP contribution is -2.58. The number of aromatic amines is 1. The lowest BCUT2D eigenvalue weighted by atomic mass is 9.95. The van der Waals surface area contributed by atoms with Gasteiger partial charge in [-0.15, -0.1) is 0 Å². The van der Waals surface area contributed by atoms with Gasteiger partial charge in [-0.2, -0.15) is 5.26 Å². The second-order valence-corrected chi connectivity index (χ2v) is 9.69. The number of piperidine rings is 1. The molecule has 1 unspecified atom stereocenters. The van der Waals surface area contributed by atoms with E-state index in [2.05, 4.69) is 15.6 Å². The normalized spacial score (nSPS) is 29.2. The van der Waals surface area contributed by atoms with Crippen molar-refractivity contribution in [3.63, 3.8) is 0 Å². The molecule has 36 heavy (non-hydrogen) atoms. The first-order chi connectivity index (χ1) is 17.0. The number of aromatic nitrogens is 1. The Balaban J connectivity index is 1.40. The Hall–Kier alpha value is -3.62. The van der Waals surface area contributed by atoms with Crippen molar-refractivity contribution in [1.82, 2.24) is 20.5 Å². The molecule has 3 N–H and O–H groups in total. The standard InChI is InChI=1S/C24H23F4N5O3/c25-19(26)12-2-1-3-16-14(12)8-17(31-16)22(36)33-7-5-24(27,28)10-18(33)21(35)32-23(11-29)9-15(23)13-4-6-30-20(13)34/h1-3,8,13,15,18-19,31H,4-7,9-10H2,(H,30,34)(H,32,35)/t13-,15?,18-,23-/m0/s1. The van der Waals surface area contributed by atoms with E-state index in [1.807, 2.05) is 6.07 Å². The van der Waals surface area contributed by atoms with Gasteiger partial charge in [-0.05, 0) is 25.0 Å². The van der Waals surface area contributed by atoms with E-state index in [0.29, 0.717) is 13.0 Å². The highest BCUT2D eigenvalue weighted by molar-refractivity contribution is 6.01. The van der Waals surface area contributed by atoms with Gasteiger partial charge in [-0.1, -0.05) is 12.1 Å². The number of alkyl halides is 4. The molecule has 3 aliphatic rings. The average molecular weight is 505 g/mol. The third-order valence-corrected chi connectivity index (χ3v) is 7.45. The smallest absolute Gasteiger partial charge is 0.270 e. The summed E-state index contributed by atoms with van der Waals surface area (Å²) in [5.41, 5.74) is -1.48. The van der Waals surface area contributed by atoms with E-state index in [9.17, 15) is 37.2 Å². The molecule has 1 aromatic heterocycles. The molecule has 2 aliphatic heterocycles. The Kier molecular flexibility index (Phi) is 5.69. The summed E-state index contributed by atoms with van der Waals surface area (Å²) in [6, 6.07) is 5.82. The molecule has 0 bridgehead atoms. The van der Waals surface area contributed by atoms with Crippen molar-refractivity contribution < 1.29 is 31.9 Å². The SMILES string of the molecule is N#C[C@@]1(NC(=O)[C@@H]2CC(F)(F)CCN2C(=O)c2cc3c(C(F)F)cccc3[nH]2)CC1[C@@H]1CCNC1=O. The van der Waals surface area contributed by atoms with Gasteiger partial charge in [0.1, 0.15) is 17.3 Å². The highest BCUT2D eigenvalue weighted by Crippen LogP contribution is 2.50. The van der Waals surface area contributed by atoms with E-state index < -0.39 is 67.0 Å². The second-order valence-electron chi connectivity index (χ2n) is 9.69. The number of fused-ring (bicyclic) bond motifs is 1. The van der Waals surface area contributed by atoms with Crippen LogP contribution in [0.25, 0.3) is 10.9 Å². The van der Waals surface area contributed by atoms with Crippen LogP contribution in [0.2, 0.25) is 0 Å². The molecule has 5 rings (SSSR count). The van der Waals surface area contributed by atoms with Gasteiger partial charge in [0.25, 0.3) is 18.3 Å². The summed E-state index contributed by atoms with van der Waals surface area (Å²) in [6.07, 6.45) is -3.67. The zero-order valence-electron chi connectivity index (χ0n) is 19.0. The lowest BCUT2D eigenvalue weighted by molar-refractivity contribution is -0.135. The summed E-state index contributed by atoms with van der Waals surface area (Å²) in [5, 5.41) is 15.1. The maximum Gasteiger partial charge on any atom is 0.270 e. The van der Waals surface area contributed by atoms with Crippen molar-refractivity contribution in [1.29, 1.82) is 5.26 Å². The van der Waals surface area contributed by atoms with Crippen LogP contribution in [-0.2, 0) is 9.59 Å². The van der Waals surface area contributed by atoms with Gasteiger partial charge in [0, 0.05) is 54.2 Å². The summed E-state index contributed by atoms with van der Waals surface area (Å²) in [7, 11) is 0. The highest BCUT2D eigenvalue weighted by Gasteiger charge is 2.62. The molecule has 8 nitrogen and oxygen atoms in total. The van der Waals surface area contributed by atoms with Crippen molar-refractivity contribution in [3.8, 4) is 6.07 Å². The maximum absolute atomic E-state index is 14.3. The van der Waals surface area contributed by atoms with Crippen molar-refractivity contribution in [2.75, 3.05) is 13.1 Å². The van der Waals surface area contributed by atoms with Gasteiger partial charge in [0.2, 0.25) is 11.8 Å². The van der Waals surface area contributed by atoms with Crippen LogP contribution in [-0.4, -0.2) is 58.2 Å². The van der Waals surface area contributed by atoms with Crippen molar-refractivity contribution in [2.24, 2.45) is 11.8 Å². The number of halogens is 4. The molecule has 2 aromatic rings. The zero-order chi connectivity index (χ0) is 25.8. The first-order valence-electron chi connectivity index (χ1n) is 11.6. The van der Waals surface area contributed by atoms with E-state index in [1.54, 1.807) is 0 Å². The number of hydrogen-bond acceptors (Lipinski definition) is 4. The molecule has 12 heteroatoms. The number of nitriles is 1. The molecule has 0 spiro atoms. The first kappa shape index (κ1) is 24.1. The number of carbonyl (C=O) groups excluding carboxylic acids is 3. The summed E-state index contributed by atoms with van der Waals surface area (Å²) < 4.78 is 55.4. The average Bonchev–Trinajstić information content (AvgIpc) is 3.14. The minimum atomic E-state index is -3.21. The van der Waals surface area contributed by atoms with Crippen LogP contribution in [0.5, 0.6) is 0 Å². The summed E-state index contributed by atoms with van der Waals surface area (Å²) >= 11 is 0. The molecule has 0 radical (unpaired) electrons. The molecule has 2 saturated heterocycles. The van der Waals surface area contributed by atoms with Crippen LogP contribution in [0.4, 0.5) is 17.6 Å². The number of amides is 3.